The second-order valence-corrected chi connectivity index (χ2v) is 26.3. The Hall–Kier alpha value is -2.90. The Bertz CT molecular complexity index is 1950. The van der Waals surface area contributed by atoms with Gasteiger partial charge in [0.15, 0.2) is 0 Å². The van der Waals surface area contributed by atoms with Gasteiger partial charge in [0.25, 0.3) is 0 Å². The summed E-state index contributed by atoms with van der Waals surface area (Å²) in [6.45, 7) is 12.7. The summed E-state index contributed by atoms with van der Waals surface area (Å²) in [5, 5.41) is 27.4. The maximum atomic E-state index is 14.5. The molecule has 80 heavy (non-hydrogen) atoms. The lowest BCUT2D eigenvalue weighted by Crippen LogP contribution is -2.50. The van der Waals surface area contributed by atoms with E-state index in [1.807, 2.05) is 14.7 Å². The number of hydrogen-bond acceptors (Lipinski definition) is 25. The van der Waals surface area contributed by atoms with Gasteiger partial charge in [-0.05, 0) is 48.5 Å². The first kappa shape index (κ1) is 75.1. The molecule has 7 N–H and O–H groups in total. The van der Waals surface area contributed by atoms with Crippen LogP contribution in [0.2, 0.25) is 0 Å². The average molecular weight is 1240 g/mol. The summed E-state index contributed by atoms with van der Waals surface area (Å²) in [5.74, 6) is -4.80. The summed E-state index contributed by atoms with van der Waals surface area (Å²) in [6, 6.07) is 0. The third kappa shape index (κ3) is 29.6. The Balaban J connectivity index is 0.000000851. The minimum Gasteiger partial charge on any atom is -0.480 e. The van der Waals surface area contributed by atoms with Crippen LogP contribution in [-0.4, -0.2) is 311 Å². The molecule has 2 heterocycles. The number of nitrogens with zero attached hydrogens (tertiary/aromatic N) is 8. The number of esters is 3. The molecule has 468 valence electrons. The van der Waals surface area contributed by atoms with Gasteiger partial charge >= 0.3 is 66.2 Å². The number of carbonyl (C=O) groups excluding carboxylic acids is 3. The van der Waals surface area contributed by atoms with Gasteiger partial charge < -0.3 is 67.2 Å². The Morgan fingerprint density at radius 2 is 0.537 bits per heavy atom. The highest BCUT2D eigenvalue weighted by atomic mass is 31.2. The lowest BCUT2D eigenvalue weighted by atomic mass is 10.3. The van der Waals surface area contributed by atoms with Gasteiger partial charge in [-0.3, -0.25) is 86.2 Å². The minimum atomic E-state index is -5.34. The smallest absolute Gasteiger partial charge is 0.360 e. The maximum absolute atomic E-state index is 14.5. The third-order valence-electron chi connectivity index (χ3n) is 11.9. The van der Waals surface area contributed by atoms with E-state index in [1.54, 1.807) is 53.4 Å². The van der Waals surface area contributed by atoms with Crippen molar-refractivity contribution in [1.82, 2.24) is 39.2 Å². The fourth-order valence-corrected chi connectivity index (χ4v) is 17.0. The highest BCUT2D eigenvalue weighted by molar-refractivity contribution is 7.72. The van der Waals surface area contributed by atoms with E-state index in [0.29, 0.717) is 26.2 Å². The number of carboxylic acids is 3. The van der Waals surface area contributed by atoms with E-state index in [1.165, 1.54) is 14.7 Å². The molecule has 0 unspecified atom stereocenters. The molecule has 2 aliphatic heterocycles. The van der Waals surface area contributed by atoms with Gasteiger partial charge in [-0.15, -0.1) is 0 Å². The van der Waals surface area contributed by atoms with E-state index in [9.17, 15) is 66.6 Å². The van der Waals surface area contributed by atoms with Gasteiger partial charge in [-0.25, -0.2) is 0 Å². The fourth-order valence-electron chi connectivity index (χ4n) is 8.51. The first-order chi connectivity index (χ1) is 37.5. The van der Waals surface area contributed by atoms with E-state index in [4.69, 9.17) is 47.6 Å². The molecule has 32 nitrogen and oxygen atoms in total. The molecule has 0 aromatic heterocycles. The Kier molecular flexibility index (Phi) is 36.5. The van der Waals surface area contributed by atoms with Crippen molar-refractivity contribution in [2.45, 2.75) is 59.5 Å². The molecule has 0 aliphatic carbocycles. The van der Waals surface area contributed by atoms with Crippen molar-refractivity contribution in [3.05, 3.63) is 0 Å². The zero-order chi connectivity index (χ0) is 60.7. The lowest BCUT2D eigenvalue weighted by Gasteiger charge is -2.40. The van der Waals surface area contributed by atoms with E-state index >= 15 is 0 Å². The number of ether oxygens (including phenoxy) is 3. The molecule has 2 rings (SSSR count). The molecule has 0 amide bonds. The second kappa shape index (κ2) is 38.9. The van der Waals surface area contributed by atoms with Crippen LogP contribution in [-0.2, 0) is 79.3 Å². The molecule has 2 fully saturated rings. The van der Waals surface area contributed by atoms with E-state index in [-0.39, 0.29) is 157 Å². The zero-order valence-corrected chi connectivity index (χ0v) is 50.7. The van der Waals surface area contributed by atoms with E-state index < -0.39 is 84.4 Å². The maximum Gasteiger partial charge on any atom is 0.360 e. The standard InChI is InChI=1S/C29H58N4O12P2.C15H30N4O12P2/c1-8-39-26(34)23-30-15-17-31(24-27(35)40-9-2)19-21-33(22-20-32(18-16-30)25-28(36)41-10-3)29(46(37,42-11-4)43-12-5)47(38,44-13-6)45-14-7;20-12(21)9-16-1-3-17(10-13(22)23)5-7-19(15(32(26,27)28)33(29,30)31)8-6-18(4-2-16)11-14(24)25/h29H,8-25H2,1-7H3;15H,1-11H2,(H,20,21)(H,22,23)(H,24,25)(H2,26,27,28)(H2,29,30,31). The number of hydrogen-bond donors (Lipinski definition) is 7. The summed E-state index contributed by atoms with van der Waals surface area (Å²) in [4.78, 5) is 122. The Labute approximate surface area is 468 Å². The van der Waals surface area contributed by atoms with Crippen molar-refractivity contribution in [3.8, 4) is 0 Å². The Morgan fingerprint density at radius 3 is 0.725 bits per heavy atom. The van der Waals surface area contributed by atoms with Gasteiger partial charge in [0.05, 0.1) is 85.5 Å². The molecule has 2 saturated heterocycles. The van der Waals surface area contributed by atoms with Gasteiger partial charge in [0, 0.05) is 105 Å². The lowest BCUT2D eigenvalue weighted by molar-refractivity contribution is -0.146. The second-order valence-electron chi connectivity index (χ2n) is 17.9. The largest absolute Gasteiger partial charge is 0.480 e. The zero-order valence-electron chi connectivity index (χ0n) is 47.1. The molecule has 36 heteroatoms. The summed E-state index contributed by atoms with van der Waals surface area (Å²) >= 11 is 0. The van der Waals surface area contributed by atoms with Crippen LogP contribution in [0.4, 0.5) is 0 Å². The normalized spacial score (nSPS) is 18.2. The molecule has 0 radical (unpaired) electrons. The van der Waals surface area contributed by atoms with Gasteiger partial charge in [0.2, 0.25) is 11.0 Å². The van der Waals surface area contributed by atoms with Crippen LogP contribution in [0.3, 0.4) is 0 Å². The molecular formula is C44H88N8O24P4. The van der Waals surface area contributed by atoms with Crippen molar-refractivity contribution < 1.29 is 114 Å². The first-order valence-corrected chi connectivity index (χ1v) is 33.0. The summed E-state index contributed by atoms with van der Waals surface area (Å²) < 4.78 is 91.5. The molecule has 0 saturated carbocycles. The number of rotatable bonds is 29. The molecule has 0 spiro atoms. The van der Waals surface area contributed by atoms with Gasteiger partial charge in [0.1, 0.15) is 0 Å². The van der Waals surface area contributed by atoms with Crippen LogP contribution in [0.5, 0.6) is 0 Å². The highest BCUT2D eigenvalue weighted by Crippen LogP contribution is 2.71. The van der Waals surface area contributed by atoms with Gasteiger partial charge in [-0.1, -0.05) is 0 Å². The fraction of sp³-hybridized carbons (Fsp3) is 0.864. The quantitative estimate of drug-likeness (QED) is 0.0290. The van der Waals surface area contributed by atoms with Crippen molar-refractivity contribution in [2.75, 3.05) is 190 Å². The summed E-state index contributed by atoms with van der Waals surface area (Å²) in [5.41, 5.74) is -3.92. The molecule has 2 aliphatic rings. The van der Waals surface area contributed by atoms with Crippen molar-refractivity contribution in [2.24, 2.45) is 0 Å². The van der Waals surface area contributed by atoms with E-state index in [2.05, 4.69) is 0 Å². The monoisotopic (exact) mass is 1240 g/mol. The minimum absolute atomic E-state index is 0.0140. The number of carbonyl (C=O) groups is 6. The van der Waals surface area contributed by atoms with Gasteiger partial charge in [-0.2, -0.15) is 0 Å². The molecule has 0 atom stereocenters. The van der Waals surface area contributed by atoms with Crippen LogP contribution in [0.15, 0.2) is 0 Å². The van der Waals surface area contributed by atoms with Crippen LogP contribution < -0.4 is 0 Å². The van der Waals surface area contributed by atoms with Crippen molar-refractivity contribution >= 4 is 66.2 Å². The molecule has 0 aromatic carbocycles. The average Bonchev–Trinajstić information content (AvgIpc) is 3.32. The predicted molar refractivity (Wildman–Crippen MR) is 288 cm³/mol. The van der Waals surface area contributed by atoms with Crippen LogP contribution in [0.1, 0.15) is 48.5 Å². The summed E-state index contributed by atoms with van der Waals surface area (Å²) in [7, 11) is -19.0. The highest BCUT2D eigenvalue weighted by Gasteiger charge is 2.54. The van der Waals surface area contributed by atoms with Crippen LogP contribution in [0.25, 0.3) is 0 Å². The number of aliphatic carboxylic acids is 3. The molecule has 0 aromatic rings. The van der Waals surface area contributed by atoms with E-state index in [0.717, 1.165) is 4.90 Å². The van der Waals surface area contributed by atoms with Crippen LogP contribution in [0, 0.1) is 0 Å². The number of carboxylic acid groups (broad SMARTS) is 3. The SMILES string of the molecule is CCOC(=O)CN1CCN(CC(=O)OCC)CCN(C(P(=O)(OCC)OCC)P(=O)(OCC)OCC)CCN(CC(=O)OCC)CC1.O=C(O)CN1CCN(CC(=O)O)CCN(C(P(=O)(O)O)P(=O)(O)O)CCN(CC(=O)O)CC1. The topological polar surface area (TPSA) is 403 Å². The van der Waals surface area contributed by atoms with Crippen molar-refractivity contribution in [1.29, 1.82) is 0 Å². The van der Waals surface area contributed by atoms with Crippen molar-refractivity contribution in [3.63, 3.8) is 0 Å². The Morgan fingerprint density at radius 1 is 0.338 bits per heavy atom. The molecule has 0 bridgehead atoms. The third-order valence-corrected chi connectivity index (χ3v) is 21.5. The van der Waals surface area contributed by atoms with Crippen LogP contribution >= 0.6 is 30.4 Å². The summed E-state index contributed by atoms with van der Waals surface area (Å²) in [6.07, 6.45) is 0. The predicted octanol–water partition coefficient (Wildman–Crippen LogP) is -0.186. The first-order valence-electron chi connectivity index (χ1n) is 26.4. The molecular weight excluding hydrogens is 1150 g/mol.